The molecule has 54 valence electrons. The highest BCUT2D eigenvalue weighted by Crippen LogP contribution is 2.22. The Morgan fingerprint density at radius 3 is 3.00 bits per heavy atom. The van der Waals surface area contributed by atoms with Crippen LogP contribution >= 0.6 is 0 Å². The molecule has 1 heterocycles. The van der Waals surface area contributed by atoms with Crippen LogP contribution in [0, 0.1) is 6.92 Å². The molecule has 1 aliphatic rings. The third-order valence-corrected chi connectivity index (χ3v) is 2.20. The average Bonchev–Trinajstić information content (AvgIpc) is 2.41. The van der Waals surface area contributed by atoms with Gasteiger partial charge in [-0.2, -0.15) is 9.89 Å². The monoisotopic (exact) mass is 137 g/mol. The predicted octanol–water partition coefficient (Wildman–Crippen LogP) is 0.394. The molecule has 0 aliphatic heterocycles. The van der Waals surface area contributed by atoms with Crippen LogP contribution in [0.1, 0.15) is 23.4 Å². The summed E-state index contributed by atoms with van der Waals surface area (Å²) in [5, 5.41) is 4.19. The first-order chi connectivity index (χ1) is 4.79. The number of nitrogen functional groups attached to an aromatic ring is 1. The fraction of sp³-hybridized carbons (Fsp3) is 0.571. The van der Waals surface area contributed by atoms with E-state index in [9.17, 15) is 0 Å². The molecule has 0 aromatic carbocycles. The molecule has 3 nitrogen and oxygen atoms in total. The van der Waals surface area contributed by atoms with Gasteiger partial charge in [-0.3, -0.25) is 0 Å². The molecular formula is C7H11N3. The molecule has 3 heteroatoms. The Bertz CT molecular complexity index is 262. The molecular weight excluding hydrogens is 126 g/mol. The Kier molecular flexibility index (Phi) is 1.01. The van der Waals surface area contributed by atoms with Crippen LogP contribution in [0.2, 0.25) is 0 Å². The maximum atomic E-state index is 5.56. The second kappa shape index (κ2) is 1.75. The van der Waals surface area contributed by atoms with E-state index in [2.05, 4.69) is 5.10 Å². The van der Waals surface area contributed by atoms with E-state index in [-0.39, 0.29) is 0 Å². The summed E-state index contributed by atoms with van der Waals surface area (Å²) in [5.74, 6) is 5.56. The van der Waals surface area contributed by atoms with Gasteiger partial charge in [-0.1, -0.05) is 0 Å². The summed E-state index contributed by atoms with van der Waals surface area (Å²) >= 11 is 0. The van der Waals surface area contributed by atoms with Crippen LogP contribution in [0.25, 0.3) is 0 Å². The predicted molar refractivity (Wildman–Crippen MR) is 39.1 cm³/mol. The molecule has 2 N–H and O–H groups in total. The first-order valence-corrected chi connectivity index (χ1v) is 3.61. The van der Waals surface area contributed by atoms with E-state index >= 15 is 0 Å². The molecule has 0 radical (unpaired) electrons. The van der Waals surface area contributed by atoms with Crippen molar-refractivity contribution in [2.24, 2.45) is 0 Å². The zero-order valence-electron chi connectivity index (χ0n) is 6.09. The summed E-state index contributed by atoms with van der Waals surface area (Å²) < 4.78 is 0. The first kappa shape index (κ1) is 5.77. The molecule has 10 heavy (non-hydrogen) atoms. The number of hydrogen-bond donors (Lipinski definition) is 1. The molecule has 0 saturated carbocycles. The number of fused-ring (bicyclic) bond motifs is 1. The van der Waals surface area contributed by atoms with E-state index in [1.165, 1.54) is 28.9 Å². The third-order valence-electron chi connectivity index (χ3n) is 2.20. The number of nitrogens with two attached hydrogens (primary N) is 1. The van der Waals surface area contributed by atoms with Crippen molar-refractivity contribution < 1.29 is 0 Å². The largest absolute Gasteiger partial charge is 0.323 e. The van der Waals surface area contributed by atoms with Crippen LogP contribution in [0.5, 0.6) is 0 Å². The van der Waals surface area contributed by atoms with E-state index < -0.39 is 0 Å². The van der Waals surface area contributed by atoms with E-state index in [4.69, 9.17) is 5.84 Å². The number of hydrogen-bond acceptors (Lipinski definition) is 2. The van der Waals surface area contributed by atoms with Crippen LogP contribution in [-0.2, 0) is 12.8 Å². The van der Waals surface area contributed by atoms with Crippen molar-refractivity contribution in [2.45, 2.75) is 26.2 Å². The zero-order chi connectivity index (χ0) is 7.14. The van der Waals surface area contributed by atoms with Gasteiger partial charge in [0.2, 0.25) is 0 Å². The summed E-state index contributed by atoms with van der Waals surface area (Å²) in [6, 6.07) is 0. The standard InChI is InChI=1S/C7H11N3/c1-5-6-3-2-4-7(6)9-10(5)8/h2-4,8H2,1H3. The molecule has 0 bridgehead atoms. The Balaban J connectivity index is 2.59. The van der Waals surface area contributed by atoms with Crippen molar-refractivity contribution in [3.8, 4) is 0 Å². The van der Waals surface area contributed by atoms with Gasteiger partial charge in [-0.05, 0) is 31.7 Å². The van der Waals surface area contributed by atoms with E-state index in [0.717, 1.165) is 12.1 Å². The van der Waals surface area contributed by atoms with Crippen LogP contribution < -0.4 is 5.84 Å². The van der Waals surface area contributed by atoms with Gasteiger partial charge in [0.15, 0.2) is 0 Å². The van der Waals surface area contributed by atoms with Crippen LogP contribution in [0.4, 0.5) is 0 Å². The minimum atomic E-state index is 1.11. The van der Waals surface area contributed by atoms with Gasteiger partial charge >= 0.3 is 0 Å². The highest BCUT2D eigenvalue weighted by molar-refractivity contribution is 5.29. The van der Waals surface area contributed by atoms with Crippen molar-refractivity contribution in [1.82, 2.24) is 9.89 Å². The lowest BCUT2D eigenvalue weighted by molar-refractivity contribution is 0.749. The van der Waals surface area contributed by atoms with Gasteiger partial charge in [0.05, 0.1) is 11.4 Å². The van der Waals surface area contributed by atoms with Gasteiger partial charge in [0, 0.05) is 0 Å². The lowest BCUT2D eigenvalue weighted by Gasteiger charge is -1.94. The SMILES string of the molecule is Cc1c2c(nn1N)CCC2. The van der Waals surface area contributed by atoms with Gasteiger partial charge < -0.3 is 5.84 Å². The summed E-state index contributed by atoms with van der Waals surface area (Å²) in [7, 11) is 0. The molecule has 0 amide bonds. The third kappa shape index (κ3) is 0.574. The summed E-state index contributed by atoms with van der Waals surface area (Å²) in [4.78, 5) is 1.49. The molecule has 0 saturated heterocycles. The Morgan fingerprint density at radius 2 is 2.30 bits per heavy atom. The smallest absolute Gasteiger partial charge is 0.0680 e. The lowest BCUT2D eigenvalue weighted by atomic mass is 10.2. The topological polar surface area (TPSA) is 43.8 Å². The highest BCUT2D eigenvalue weighted by atomic mass is 15.5. The zero-order valence-corrected chi connectivity index (χ0v) is 6.09. The van der Waals surface area contributed by atoms with Crippen molar-refractivity contribution >= 4 is 0 Å². The Morgan fingerprint density at radius 1 is 1.50 bits per heavy atom. The van der Waals surface area contributed by atoms with E-state index in [1.807, 2.05) is 6.92 Å². The molecule has 2 rings (SSSR count). The van der Waals surface area contributed by atoms with Crippen LogP contribution in [-0.4, -0.2) is 9.89 Å². The lowest BCUT2D eigenvalue weighted by Crippen LogP contribution is -2.12. The van der Waals surface area contributed by atoms with Crippen LogP contribution in [0.15, 0.2) is 0 Å². The normalized spacial score (nSPS) is 15.7. The van der Waals surface area contributed by atoms with Crippen molar-refractivity contribution in [3.05, 3.63) is 17.0 Å². The highest BCUT2D eigenvalue weighted by Gasteiger charge is 2.17. The average molecular weight is 137 g/mol. The second-order valence-corrected chi connectivity index (χ2v) is 2.81. The maximum Gasteiger partial charge on any atom is 0.0680 e. The summed E-state index contributed by atoms with van der Waals surface area (Å²) in [5.41, 5.74) is 3.72. The molecule has 1 aromatic heterocycles. The molecule has 0 atom stereocenters. The Labute approximate surface area is 59.8 Å². The van der Waals surface area contributed by atoms with Gasteiger partial charge in [0.1, 0.15) is 0 Å². The quantitative estimate of drug-likeness (QED) is 0.526. The number of rotatable bonds is 0. The molecule has 0 unspecified atom stereocenters. The second-order valence-electron chi connectivity index (χ2n) is 2.81. The van der Waals surface area contributed by atoms with Gasteiger partial charge in [-0.15, -0.1) is 0 Å². The minimum absolute atomic E-state index is 1.11. The fourth-order valence-electron chi connectivity index (χ4n) is 1.57. The fourth-order valence-corrected chi connectivity index (χ4v) is 1.57. The molecule has 1 aliphatic carbocycles. The van der Waals surface area contributed by atoms with Gasteiger partial charge in [0.25, 0.3) is 0 Å². The summed E-state index contributed by atoms with van der Waals surface area (Å²) in [6.45, 7) is 2.02. The van der Waals surface area contributed by atoms with Crippen LogP contribution in [0.3, 0.4) is 0 Å². The van der Waals surface area contributed by atoms with Crippen molar-refractivity contribution in [3.63, 3.8) is 0 Å². The number of nitrogens with zero attached hydrogens (tertiary/aromatic N) is 2. The first-order valence-electron chi connectivity index (χ1n) is 3.61. The molecule has 0 spiro atoms. The van der Waals surface area contributed by atoms with E-state index in [0.29, 0.717) is 0 Å². The molecule has 1 aromatic rings. The molecule has 0 fully saturated rings. The number of aromatic nitrogens is 2. The van der Waals surface area contributed by atoms with E-state index in [1.54, 1.807) is 0 Å². The number of aryl methyl sites for hydroxylation is 1. The van der Waals surface area contributed by atoms with Gasteiger partial charge in [-0.25, -0.2) is 0 Å². The van der Waals surface area contributed by atoms with Crippen molar-refractivity contribution in [1.29, 1.82) is 0 Å². The Hall–Kier alpha value is -0.990. The maximum absolute atomic E-state index is 5.56. The van der Waals surface area contributed by atoms with Crippen molar-refractivity contribution in [2.75, 3.05) is 5.84 Å². The minimum Gasteiger partial charge on any atom is -0.323 e. The summed E-state index contributed by atoms with van der Waals surface area (Å²) in [6.07, 6.45) is 3.53.